The molecule has 2 rings (SSSR count). The van der Waals surface area contributed by atoms with Gasteiger partial charge in [0.15, 0.2) is 0 Å². The Morgan fingerprint density at radius 2 is 1.75 bits per heavy atom. The summed E-state index contributed by atoms with van der Waals surface area (Å²) in [6, 6.07) is 10.3. The average molecular weight is 295 g/mol. The van der Waals surface area contributed by atoms with Gasteiger partial charge in [-0.25, -0.2) is 17.9 Å². The minimum absolute atomic E-state index is 0.150. The highest BCUT2D eigenvalue weighted by Gasteiger charge is 2.19. The smallest absolute Gasteiger partial charge is 0.240 e. The van der Waals surface area contributed by atoms with Gasteiger partial charge in [-0.1, -0.05) is 12.1 Å². The lowest BCUT2D eigenvalue weighted by Crippen LogP contribution is -2.19. The summed E-state index contributed by atoms with van der Waals surface area (Å²) in [5.74, 6) is -0.466. The molecule has 0 aromatic heterocycles. The van der Waals surface area contributed by atoms with Gasteiger partial charge in [-0.2, -0.15) is 0 Å². The summed E-state index contributed by atoms with van der Waals surface area (Å²) < 4.78 is 37.0. The fourth-order valence-electron chi connectivity index (χ4n) is 1.89. The quantitative estimate of drug-likeness (QED) is 0.845. The summed E-state index contributed by atoms with van der Waals surface area (Å²) in [4.78, 5) is 1.26. The van der Waals surface area contributed by atoms with Crippen LogP contribution in [0.5, 0.6) is 0 Å². The van der Waals surface area contributed by atoms with Crippen LogP contribution in [0.15, 0.2) is 47.4 Å². The van der Waals surface area contributed by atoms with Crippen LogP contribution in [0.25, 0.3) is 0 Å². The van der Waals surface area contributed by atoms with E-state index in [-0.39, 0.29) is 22.0 Å². The average Bonchev–Trinajstić information content (AvgIpc) is 2.37. The minimum atomic E-state index is -3.97. The summed E-state index contributed by atoms with van der Waals surface area (Å²) >= 11 is 0. The van der Waals surface area contributed by atoms with E-state index in [1.54, 1.807) is 25.2 Å². The SMILES string of the molecule is CN(c1ccccc1F)c1ccc(N)cc1S(N)(=O)=O. The van der Waals surface area contributed by atoms with Crippen molar-refractivity contribution in [1.82, 2.24) is 0 Å². The van der Waals surface area contributed by atoms with E-state index in [1.807, 2.05) is 0 Å². The van der Waals surface area contributed by atoms with Crippen molar-refractivity contribution in [1.29, 1.82) is 0 Å². The second kappa shape index (κ2) is 5.10. The van der Waals surface area contributed by atoms with Crippen LogP contribution in [-0.4, -0.2) is 15.5 Å². The number of primary sulfonamides is 1. The highest BCUT2D eigenvalue weighted by molar-refractivity contribution is 7.89. The number of para-hydroxylation sites is 1. The molecular formula is C13H14FN3O2S. The molecule has 0 saturated carbocycles. The molecule has 0 unspecified atom stereocenters. The Morgan fingerprint density at radius 1 is 1.10 bits per heavy atom. The van der Waals surface area contributed by atoms with Crippen LogP contribution in [-0.2, 0) is 10.0 Å². The van der Waals surface area contributed by atoms with Gasteiger partial charge in [-0.3, -0.25) is 0 Å². The second-order valence-corrected chi connectivity index (χ2v) is 5.81. The van der Waals surface area contributed by atoms with Gasteiger partial charge in [0.05, 0.1) is 11.4 Å². The summed E-state index contributed by atoms with van der Waals surface area (Å²) in [6.07, 6.45) is 0. The Hall–Kier alpha value is -2.12. The predicted molar refractivity (Wildman–Crippen MR) is 76.7 cm³/mol. The van der Waals surface area contributed by atoms with Gasteiger partial charge in [0, 0.05) is 12.7 Å². The number of halogens is 1. The van der Waals surface area contributed by atoms with Gasteiger partial charge in [-0.05, 0) is 30.3 Å². The molecule has 2 aromatic carbocycles. The summed E-state index contributed by atoms with van der Waals surface area (Å²) in [5.41, 5.74) is 6.34. The van der Waals surface area contributed by atoms with Crippen molar-refractivity contribution in [3.8, 4) is 0 Å². The number of hydrogen-bond acceptors (Lipinski definition) is 4. The third kappa shape index (κ3) is 2.73. The Balaban J connectivity index is 2.62. The largest absolute Gasteiger partial charge is 0.399 e. The Bertz CT molecular complexity index is 747. The molecule has 106 valence electrons. The molecule has 0 amide bonds. The zero-order valence-corrected chi connectivity index (χ0v) is 11.6. The summed E-state index contributed by atoms with van der Waals surface area (Å²) in [5, 5.41) is 5.18. The van der Waals surface area contributed by atoms with E-state index in [1.165, 1.54) is 29.2 Å². The molecule has 0 saturated heterocycles. The minimum Gasteiger partial charge on any atom is -0.399 e. The molecule has 0 bridgehead atoms. The van der Waals surface area contributed by atoms with Crippen molar-refractivity contribution in [2.75, 3.05) is 17.7 Å². The van der Waals surface area contributed by atoms with E-state index >= 15 is 0 Å². The first kappa shape index (κ1) is 14.3. The fraction of sp³-hybridized carbons (Fsp3) is 0.0769. The molecule has 0 fully saturated rings. The van der Waals surface area contributed by atoms with E-state index in [0.29, 0.717) is 0 Å². The van der Waals surface area contributed by atoms with Crippen LogP contribution in [0.2, 0.25) is 0 Å². The number of anilines is 3. The van der Waals surface area contributed by atoms with Crippen LogP contribution in [0.3, 0.4) is 0 Å². The number of rotatable bonds is 3. The Kier molecular flexibility index (Phi) is 3.65. The lowest BCUT2D eigenvalue weighted by Gasteiger charge is -2.22. The molecule has 5 nitrogen and oxygen atoms in total. The maximum Gasteiger partial charge on any atom is 0.240 e. The molecule has 20 heavy (non-hydrogen) atoms. The molecule has 2 aromatic rings. The summed E-state index contributed by atoms with van der Waals surface area (Å²) in [6.45, 7) is 0. The monoisotopic (exact) mass is 295 g/mol. The first-order valence-corrected chi connectivity index (χ1v) is 7.26. The number of hydrogen-bond donors (Lipinski definition) is 2. The van der Waals surface area contributed by atoms with Gasteiger partial charge in [0.2, 0.25) is 10.0 Å². The number of sulfonamides is 1. The normalized spacial score (nSPS) is 11.3. The lowest BCUT2D eigenvalue weighted by atomic mass is 10.2. The summed E-state index contributed by atoms with van der Waals surface area (Å²) in [7, 11) is -2.41. The predicted octanol–water partition coefficient (Wildman–Crippen LogP) is 1.82. The van der Waals surface area contributed by atoms with Crippen molar-refractivity contribution in [3.05, 3.63) is 48.3 Å². The zero-order chi connectivity index (χ0) is 14.9. The van der Waals surface area contributed by atoms with Crippen molar-refractivity contribution < 1.29 is 12.8 Å². The maximum atomic E-state index is 13.8. The molecular weight excluding hydrogens is 281 g/mol. The van der Waals surface area contributed by atoms with Crippen molar-refractivity contribution >= 4 is 27.1 Å². The molecule has 0 aliphatic heterocycles. The van der Waals surface area contributed by atoms with E-state index < -0.39 is 15.8 Å². The van der Waals surface area contributed by atoms with Crippen LogP contribution in [0.4, 0.5) is 21.5 Å². The van der Waals surface area contributed by atoms with Gasteiger partial charge in [0.1, 0.15) is 10.7 Å². The Labute approximate surface area is 116 Å². The first-order valence-electron chi connectivity index (χ1n) is 5.71. The van der Waals surface area contributed by atoms with Gasteiger partial charge >= 0.3 is 0 Å². The molecule has 0 aliphatic carbocycles. The maximum absolute atomic E-state index is 13.8. The molecule has 0 aliphatic rings. The standard InChI is InChI=1S/C13H14FN3O2S/c1-17(11-5-3-2-4-10(11)14)12-7-6-9(15)8-13(12)20(16,18)19/h2-8H,15H2,1H3,(H2,16,18,19). The molecule has 0 radical (unpaired) electrons. The first-order chi connectivity index (χ1) is 9.30. The molecule has 7 heteroatoms. The van der Waals surface area contributed by atoms with E-state index in [9.17, 15) is 12.8 Å². The highest BCUT2D eigenvalue weighted by Crippen LogP contribution is 2.32. The fourth-order valence-corrected chi connectivity index (χ4v) is 2.69. The third-order valence-electron chi connectivity index (χ3n) is 2.87. The van der Waals surface area contributed by atoms with Gasteiger partial charge < -0.3 is 10.6 Å². The number of nitrogens with zero attached hydrogens (tertiary/aromatic N) is 1. The van der Waals surface area contributed by atoms with Crippen molar-refractivity contribution in [3.63, 3.8) is 0 Å². The van der Waals surface area contributed by atoms with Crippen LogP contribution >= 0.6 is 0 Å². The van der Waals surface area contributed by atoms with E-state index in [4.69, 9.17) is 10.9 Å². The van der Waals surface area contributed by atoms with Gasteiger partial charge in [0.25, 0.3) is 0 Å². The molecule has 0 spiro atoms. The Morgan fingerprint density at radius 3 is 2.35 bits per heavy atom. The molecule has 0 heterocycles. The number of nitrogens with two attached hydrogens (primary N) is 2. The van der Waals surface area contributed by atoms with Crippen LogP contribution in [0, 0.1) is 5.82 Å². The zero-order valence-electron chi connectivity index (χ0n) is 10.7. The lowest BCUT2D eigenvalue weighted by molar-refractivity contribution is 0.597. The van der Waals surface area contributed by atoms with Crippen LogP contribution in [0.1, 0.15) is 0 Å². The van der Waals surface area contributed by atoms with E-state index in [0.717, 1.165) is 0 Å². The van der Waals surface area contributed by atoms with Crippen molar-refractivity contribution in [2.45, 2.75) is 4.90 Å². The topological polar surface area (TPSA) is 89.4 Å². The third-order valence-corrected chi connectivity index (χ3v) is 3.81. The van der Waals surface area contributed by atoms with Crippen LogP contribution < -0.4 is 15.8 Å². The van der Waals surface area contributed by atoms with E-state index in [2.05, 4.69) is 0 Å². The molecule has 4 N–H and O–H groups in total. The highest BCUT2D eigenvalue weighted by atomic mass is 32.2. The number of benzene rings is 2. The van der Waals surface area contributed by atoms with Gasteiger partial charge in [-0.15, -0.1) is 0 Å². The number of nitrogen functional groups attached to an aromatic ring is 1. The second-order valence-electron chi connectivity index (χ2n) is 4.28. The van der Waals surface area contributed by atoms with Crippen molar-refractivity contribution in [2.24, 2.45) is 5.14 Å². The molecule has 0 atom stereocenters.